The number of ether oxygens (including phenoxy) is 2. The van der Waals surface area contributed by atoms with Gasteiger partial charge in [0.25, 0.3) is 0 Å². The fraction of sp³-hybridized carbons (Fsp3) is 0.182. The normalized spacial score (nSPS) is 11.1. The summed E-state index contributed by atoms with van der Waals surface area (Å²) in [4.78, 5) is 45.9. The van der Waals surface area contributed by atoms with Crippen LogP contribution >= 0.6 is 0 Å². The van der Waals surface area contributed by atoms with E-state index in [0.29, 0.717) is 17.0 Å². The van der Waals surface area contributed by atoms with Gasteiger partial charge in [0.1, 0.15) is 11.8 Å². The van der Waals surface area contributed by atoms with Crippen molar-refractivity contribution in [2.24, 2.45) is 0 Å². The topological polar surface area (TPSA) is 111 Å². The molecule has 152 valence electrons. The Kier molecular flexibility index (Phi) is 4.62. The molecule has 3 aromatic heterocycles. The molecule has 8 heteroatoms. The van der Waals surface area contributed by atoms with Gasteiger partial charge in [-0.05, 0) is 26.0 Å². The lowest BCUT2D eigenvalue weighted by atomic mass is 9.93. The molecule has 0 aliphatic rings. The molecule has 30 heavy (non-hydrogen) atoms. The first-order valence-corrected chi connectivity index (χ1v) is 9.09. The van der Waals surface area contributed by atoms with E-state index in [2.05, 4.69) is 9.97 Å². The highest BCUT2D eigenvalue weighted by molar-refractivity contribution is 6.09. The molecule has 3 heterocycles. The minimum Gasteiger partial charge on any atom is -0.465 e. The van der Waals surface area contributed by atoms with E-state index in [1.165, 1.54) is 20.5 Å². The first-order valence-electron chi connectivity index (χ1n) is 9.09. The van der Waals surface area contributed by atoms with E-state index in [-0.39, 0.29) is 27.8 Å². The average molecular weight is 406 g/mol. The van der Waals surface area contributed by atoms with Crippen molar-refractivity contribution < 1.29 is 23.5 Å². The standard InChI is InChI=1S/C22H18N2O6/c1-10-15(21(26)28-3)17(16(11(2)23-10)22(27)29-4)13-9-30-20-12-7-5-6-8-14(12)24-18(20)19(13)25/h5-9,24H,1-4H3. The van der Waals surface area contributed by atoms with Gasteiger partial charge < -0.3 is 18.9 Å². The maximum atomic E-state index is 13.4. The van der Waals surface area contributed by atoms with Crippen LogP contribution in [0.15, 0.2) is 39.7 Å². The summed E-state index contributed by atoms with van der Waals surface area (Å²) in [7, 11) is 2.43. The van der Waals surface area contributed by atoms with Gasteiger partial charge in [-0.3, -0.25) is 9.78 Å². The van der Waals surface area contributed by atoms with Crippen molar-refractivity contribution in [1.29, 1.82) is 0 Å². The van der Waals surface area contributed by atoms with Crippen LogP contribution in [0.1, 0.15) is 32.1 Å². The van der Waals surface area contributed by atoms with Crippen LogP contribution in [0.3, 0.4) is 0 Å². The second-order valence-electron chi connectivity index (χ2n) is 6.74. The zero-order chi connectivity index (χ0) is 21.6. The van der Waals surface area contributed by atoms with Crippen molar-refractivity contribution in [3.05, 3.63) is 63.3 Å². The predicted molar refractivity (Wildman–Crippen MR) is 110 cm³/mol. The number of nitrogens with zero attached hydrogens (tertiary/aromatic N) is 1. The molecule has 0 aliphatic heterocycles. The van der Waals surface area contributed by atoms with Crippen LogP contribution in [-0.4, -0.2) is 36.1 Å². The number of pyridine rings is 1. The molecular weight excluding hydrogens is 388 g/mol. The number of methoxy groups -OCH3 is 2. The summed E-state index contributed by atoms with van der Waals surface area (Å²) < 4.78 is 15.6. The number of hydrogen-bond donors (Lipinski definition) is 1. The van der Waals surface area contributed by atoms with Crippen LogP contribution in [0.4, 0.5) is 0 Å². The van der Waals surface area contributed by atoms with Gasteiger partial charge in [-0.1, -0.05) is 12.1 Å². The zero-order valence-electron chi connectivity index (χ0n) is 16.8. The minimum absolute atomic E-state index is 0.00580. The quantitative estimate of drug-likeness (QED) is 0.518. The molecule has 1 aromatic carbocycles. The first-order chi connectivity index (χ1) is 14.4. The summed E-state index contributed by atoms with van der Waals surface area (Å²) in [5.74, 6) is -1.45. The van der Waals surface area contributed by atoms with E-state index in [9.17, 15) is 14.4 Å². The first kappa shape index (κ1) is 19.4. The summed E-state index contributed by atoms with van der Waals surface area (Å²) in [6, 6.07) is 7.33. The van der Waals surface area contributed by atoms with Gasteiger partial charge in [0.15, 0.2) is 5.58 Å². The Labute approximate surface area is 170 Å². The average Bonchev–Trinajstić information content (AvgIpc) is 3.12. The van der Waals surface area contributed by atoms with Crippen molar-refractivity contribution in [2.75, 3.05) is 14.2 Å². The molecule has 0 bridgehead atoms. The van der Waals surface area contributed by atoms with Crippen LogP contribution in [0.25, 0.3) is 33.1 Å². The summed E-state index contributed by atoms with van der Waals surface area (Å²) >= 11 is 0. The van der Waals surface area contributed by atoms with E-state index < -0.39 is 17.4 Å². The molecule has 0 fully saturated rings. The zero-order valence-corrected chi connectivity index (χ0v) is 16.8. The van der Waals surface area contributed by atoms with E-state index in [1.807, 2.05) is 24.3 Å². The smallest absolute Gasteiger partial charge is 0.340 e. The number of rotatable bonds is 3. The van der Waals surface area contributed by atoms with Crippen molar-refractivity contribution in [3.8, 4) is 11.1 Å². The Morgan fingerprint density at radius 2 is 1.60 bits per heavy atom. The Morgan fingerprint density at radius 3 is 2.20 bits per heavy atom. The Morgan fingerprint density at radius 1 is 1.00 bits per heavy atom. The van der Waals surface area contributed by atoms with Crippen molar-refractivity contribution in [3.63, 3.8) is 0 Å². The van der Waals surface area contributed by atoms with Crippen LogP contribution in [-0.2, 0) is 9.47 Å². The van der Waals surface area contributed by atoms with E-state index in [0.717, 1.165) is 10.9 Å². The molecular formula is C22H18N2O6. The number of aryl methyl sites for hydroxylation is 2. The number of fused-ring (bicyclic) bond motifs is 3. The summed E-state index contributed by atoms with van der Waals surface area (Å²) in [6.45, 7) is 3.21. The van der Waals surface area contributed by atoms with E-state index >= 15 is 0 Å². The molecule has 4 rings (SSSR count). The summed E-state index contributed by atoms with van der Waals surface area (Å²) in [5, 5.41) is 0.750. The third kappa shape index (κ3) is 2.76. The Bertz CT molecular complexity index is 1360. The summed E-state index contributed by atoms with van der Waals surface area (Å²) in [6.07, 6.45) is 1.25. The fourth-order valence-corrected chi connectivity index (χ4v) is 3.70. The lowest BCUT2D eigenvalue weighted by Gasteiger charge is -2.16. The molecule has 0 aliphatic carbocycles. The van der Waals surface area contributed by atoms with Crippen LogP contribution in [0.2, 0.25) is 0 Å². The van der Waals surface area contributed by atoms with Gasteiger partial charge in [0.2, 0.25) is 5.43 Å². The molecule has 8 nitrogen and oxygen atoms in total. The number of benzene rings is 1. The lowest BCUT2D eigenvalue weighted by molar-refractivity contribution is 0.0599. The molecule has 0 unspecified atom stereocenters. The number of nitrogens with one attached hydrogen (secondary N) is 1. The van der Waals surface area contributed by atoms with Crippen LogP contribution < -0.4 is 5.43 Å². The van der Waals surface area contributed by atoms with E-state index in [1.54, 1.807) is 13.8 Å². The second kappa shape index (κ2) is 7.14. The Balaban J connectivity index is 2.16. The molecule has 0 radical (unpaired) electrons. The predicted octanol–water partition coefficient (Wildman–Crippen LogP) is 3.53. The number of aromatic nitrogens is 2. The van der Waals surface area contributed by atoms with Gasteiger partial charge in [-0.15, -0.1) is 0 Å². The largest absolute Gasteiger partial charge is 0.465 e. The molecule has 1 N–H and O–H groups in total. The monoisotopic (exact) mass is 406 g/mol. The highest BCUT2D eigenvalue weighted by Gasteiger charge is 2.29. The molecule has 0 amide bonds. The summed E-state index contributed by atoms with van der Waals surface area (Å²) in [5.41, 5.74) is 1.68. The Hall–Kier alpha value is -3.94. The maximum Gasteiger partial charge on any atom is 0.340 e. The van der Waals surface area contributed by atoms with Gasteiger partial charge in [0.05, 0.1) is 42.3 Å². The minimum atomic E-state index is -0.726. The maximum absolute atomic E-state index is 13.4. The molecule has 0 saturated heterocycles. The van der Waals surface area contributed by atoms with Gasteiger partial charge >= 0.3 is 11.9 Å². The number of aromatic amines is 1. The van der Waals surface area contributed by atoms with Gasteiger partial charge in [-0.25, -0.2) is 9.59 Å². The van der Waals surface area contributed by atoms with Crippen molar-refractivity contribution in [2.45, 2.75) is 13.8 Å². The second-order valence-corrected chi connectivity index (χ2v) is 6.74. The van der Waals surface area contributed by atoms with Crippen LogP contribution in [0.5, 0.6) is 0 Å². The lowest BCUT2D eigenvalue weighted by Crippen LogP contribution is -2.18. The van der Waals surface area contributed by atoms with Crippen LogP contribution in [0, 0.1) is 13.8 Å². The molecule has 0 saturated carbocycles. The SMILES string of the molecule is COC(=O)c1c(C)nc(C)c(C(=O)OC)c1-c1coc2c([nH]c3ccccc32)c1=O. The number of carbonyl (C=O) groups is 2. The number of H-pyrrole nitrogens is 1. The molecule has 0 spiro atoms. The van der Waals surface area contributed by atoms with Crippen molar-refractivity contribution >= 4 is 33.9 Å². The number of hydrogen-bond acceptors (Lipinski definition) is 7. The highest BCUT2D eigenvalue weighted by atomic mass is 16.5. The molecule has 4 aromatic rings. The molecule has 0 atom stereocenters. The number of para-hydroxylation sites is 1. The van der Waals surface area contributed by atoms with E-state index in [4.69, 9.17) is 13.9 Å². The number of esters is 2. The van der Waals surface area contributed by atoms with Crippen molar-refractivity contribution in [1.82, 2.24) is 9.97 Å². The van der Waals surface area contributed by atoms with Gasteiger partial charge in [-0.2, -0.15) is 0 Å². The fourth-order valence-electron chi connectivity index (χ4n) is 3.70. The third-order valence-electron chi connectivity index (χ3n) is 5.03. The highest BCUT2D eigenvalue weighted by Crippen LogP contribution is 2.33. The third-order valence-corrected chi connectivity index (χ3v) is 5.03. The number of carbonyl (C=O) groups excluding carboxylic acids is 2. The van der Waals surface area contributed by atoms with Gasteiger partial charge in [0, 0.05) is 16.5 Å².